The number of aromatic nitrogens is 1. The number of aryl methyl sites for hydroxylation is 2. The summed E-state index contributed by atoms with van der Waals surface area (Å²) >= 11 is 6.76. The van der Waals surface area contributed by atoms with Crippen molar-refractivity contribution in [3.63, 3.8) is 0 Å². The standard InChI is InChI=1S/C14H12ClF3N2O2S/c1-7-11(4-5-12(21)22)23-13(19-7)20-10-3-2-8(15)6-9(10)14(16,17)18/h2-3,6H,4-5H2,1H3,(H,19,20)(H,21,22). The number of thiazole rings is 1. The Labute approximate surface area is 138 Å². The molecule has 0 fully saturated rings. The van der Waals surface area contributed by atoms with Gasteiger partial charge in [-0.2, -0.15) is 13.2 Å². The van der Waals surface area contributed by atoms with Crippen molar-refractivity contribution in [3.8, 4) is 0 Å². The first kappa shape index (κ1) is 17.6. The van der Waals surface area contributed by atoms with Crippen LogP contribution in [0.5, 0.6) is 0 Å². The molecule has 9 heteroatoms. The fraction of sp³-hybridized carbons (Fsp3) is 0.286. The van der Waals surface area contributed by atoms with Crippen molar-refractivity contribution >= 4 is 39.7 Å². The van der Waals surface area contributed by atoms with Gasteiger partial charge in [-0.15, -0.1) is 11.3 Å². The normalized spacial score (nSPS) is 11.5. The first-order chi connectivity index (χ1) is 10.7. The molecule has 0 amide bonds. The van der Waals surface area contributed by atoms with Gasteiger partial charge in [0, 0.05) is 9.90 Å². The number of carboxylic acid groups (broad SMARTS) is 1. The third-order valence-electron chi connectivity index (χ3n) is 2.99. The Balaban J connectivity index is 2.26. The van der Waals surface area contributed by atoms with Crippen LogP contribution in [0.1, 0.15) is 22.6 Å². The Bertz CT molecular complexity index is 731. The average molecular weight is 365 g/mol. The largest absolute Gasteiger partial charge is 0.481 e. The fourth-order valence-electron chi connectivity index (χ4n) is 1.91. The zero-order chi connectivity index (χ0) is 17.2. The number of hydrogen-bond acceptors (Lipinski definition) is 4. The van der Waals surface area contributed by atoms with Crippen molar-refractivity contribution in [1.29, 1.82) is 0 Å². The lowest BCUT2D eigenvalue weighted by atomic mass is 10.1. The van der Waals surface area contributed by atoms with Gasteiger partial charge in [0.15, 0.2) is 5.13 Å². The topological polar surface area (TPSA) is 62.2 Å². The molecule has 4 nitrogen and oxygen atoms in total. The van der Waals surface area contributed by atoms with Crippen molar-refractivity contribution in [2.45, 2.75) is 25.9 Å². The van der Waals surface area contributed by atoms with Gasteiger partial charge in [0.2, 0.25) is 0 Å². The van der Waals surface area contributed by atoms with Gasteiger partial charge in [-0.1, -0.05) is 11.6 Å². The minimum Gasteiger partial charge on any atom is -0.481 e. The summed E-state index contributed by atoms with van der Waals surface area (Å²) < 4.78 is 39.1. The van der Waals surface area contributed by atoms with E-state index in [1.54, 1.807) is 6.92 Å². The Morgan fingerprint density at radius 1 is 1.43 bits per heavy atom. The fourth-order valence-corrected chi connectivity index (χ4v) is 3.06. The molecule has 2 N–H and O–H groups in total. The van der Waals surface area contributed by atoms with Crippen LogP contribution in [0, 0.1) is 6.92 Å². The molecule has 1 aromatic carbocycles. The molecular formula is C14H12ClF3N2O2S. The second-order valence-corrected chi connectivity index (χ2v) is 6.25. The van der Waals surface area contributed by atoms with Gasteiger partial charge in [-0.05, 0) is 31.5 Å². The molecule has 2 rings (SSSR count). The number of aliphatic carboxylic acids is 1. The summed E-state index contributed by atoms with van der Waals surface area (Å²) in [5.41, 5.74) is -0.438. The summed E-state index contributed by atoms with van der Waals surface area (Å²) in [6, 6.07) is 3.43. The maximum atomic E-state index is 13.0. The van der Waals surface area contributed by atoms with E-state index < -0.39 is 17.7 Å². The smallest absolute Gasteiger partial charge is 0.418 e. The molecule has 1 aromatic heterocycles. The first-order valence-corrected chi connectivity index (χ1v) is 7.68. The lowest BCUT2D eigenvalue weighted by Gasteiger charge is -2.13. The van der Waals surface area contributed by atoms with E-state index in [1.165, 1.54) is 12.1 Å². The molecule has 2 aromatic rings. The van der Waals surface area contributed by atoms with Crippen molar-refractivity contribution in [3.05, 3.63) is 39.4 Å². The number of halogens is 4. The molecule has 0 saturated carbocycles. The number of rotatable bonds is 5. The zero-order valence-electron chi connectivity index (χ0n) is 11.9. The summed E-state index contributed by atoms with van der Waals surface area (Å²) in [5, 5.41) is 11.6. The van der Waals surface area contributed by atoms with Crippen LogP contribution >= 0.6 is 22.9 Å². The molecule has 0 bridgehead atoms. The maximum Gasteiger partial charge on any atom is 0.418 e. The monoisotopic (exact) mass is 364 g/mol. The van der Waals surface area contributed by atoms with E-state index in [4.69, 9.17) is 16.7 Å². The SMILES string of the molecule is Cc1nc(Nc2ccc(Cl)cc2C(F)(F)F)sc1CCC(=O)O. The van der Waals surface area contributed by atoms with Gasteiger partial charge in [0.1, 0.15) is 0 Å². The van der Waals surface area contributed by atoms with Crippen molar-refractivity contribution in [1.82, 2.24) is 4.98 Å². The molecule has 0 aliphatic heterocycles. The number of carboxylic acids is 1. The summed E-state index contributed by atoms with van der Waals surface area (Å²) in [6.45, 7) is 1.69. The molecular weight excluding hydrogens is 353 g/mol. The van der Waals surface area contributed by atoms with Crippen LogP contribution in [0.4, 0.5) is 24.0 Å². The summed E-state index contributed by atoms with van der Waals surface area (Å²) in [4.78, 5) is 15.5. The Kier molecular flexibility index (Phi) is 5.16. The molecule has 1 heterocycles. The van der Waals surface area contributed by atoms with Crippen molar-refractivity contribution in [2.75, 3.05) is 5.32 Å². The van der Waals surface area contributed by atoms with Gasteiger partial charge in [-0.25, -0.2) is 4.98 Å². The summed E-state index contributed by atoms with van der Waals surface area (Å²) in [7, 11) is 0. The highest BCUT2D eigenvalue weighted by Crippen LogP contribution is 2.38. The molecule has 23 heavy (non-hydrogen) atoms. The second-order valence-electron chi connectivity index (χ2n) is 4.73. The van der Waals surface area contributed by atoms with Crippen molar-refractivity contribution in [2.24, 2.45) is 0 Å². The molecule has 0 saturated heterocycles. The number of benzene rings is 1. The number of carbonyl (C=O) groups is 1. The van der Waals surface area contributed by atoms with E-state index in [0.717, 1.165) is 22.3 Å². The minimum absolute atomic E-state index is 0.0136. The Morgan fingerprint density at radius 2 is 2.13 bits per heavy atom. The number of nitrogens with one attached hydrogen (secondary N) is 1. The van der Waals surface area contributed by atoms with Gasteiger partial charge in [0.05, 0.1) is 23.4 Å². The van der Waals surface area contributed by atoms with Crippen LogP contribution in [-0.2, 0) is 17.4 Å². The number of alkyl halides is 3. The summed E-state index contributed by atoms with van der Waals surface area (Å²) in [6.07, 6.45) is -4.32. The lowest BCUT2D eigenvalue weighted by molar-refractivity contribution is -0.137. The molecule has 0 aliphatic carbocycles. The average Bonchev–Trinajstić information content (AvgIpc) is 2.77. The number of hydrogen-bond donors (Lipinski definition) is 2. The van der Waals surface area contributed by atoms with Crippen LogP contribution in [0.3, 0.4) is 0 Å². The Morgan fingerprint density at radius 3 is 2.74 bits per heavy atom. The number of nitrogens with zero attached hydrogens (tertiary/aromatic N) is 1. The molecule has 0 unspecified atom stereocenters. The number of anilines is 2. The van der Waals surface area contributed by atoms with E-state index in [0.29, 0.717) is 5.69 Å². The predicted octanol–water partition coefficient (Wildman–Crippen LogP) is 4.88. The van der Waals surface area contributed by atoms with Gasteiger partial charge in [-0.3, -0.25) is 4.79 Å². The van der Waals surface area contributed by atoms with Crippen LogP contribution < -0.4 is 5.32 Å². The van der Waals surface area contributed by atoms with Gasteiger partial charge < -0.3 is 10.4 Å². The zero-order valence-corrected chi connectivity index (χ0v) is 13.4. The highest BCUT2D eigenvalue weighted by Gasteiger charge is 2.34. The molecule has 0 radical (unpaired) electrons. The second kappa shape index (κ2) is 6.76. The van der Waals surface area contributed by atoms with Crippen LogP contribution in [0.25, 0.3) is 0 Å². The van der Waals surface area contributed by atoms with E-state index in [9.17, 15) is 18.0 Å². The molecule has 0 atom stereocenters. The molecule has 124 valence electrons. The van der Waals surface area contributed by atoms with Crippen LogP contribution in [-0.4, -0.2) is 16.1 Å². The predicted molar refractivity (Wildman–Crippen MR) is 82.5 cm³/mol. The van der Waals surface area contributed by atoms with E-state index in [2.05, 4.69) is 10.3 Å². The molecule has 0 aliphatic rings. The van der Waals surface area contributed by atoms with E-state index in [1.807, 2.05) is 0 Å². The minimum atomic E-state index is -4.55. The lowest BCUT2D eigenvalue weighted by Crippen LogP contribution is -2.08. The highest BCUT2D eigenvalue weighted by atomic mass is 35.5. The third kappa shape index (κ3) is 4.59. The molecule has 0 spiro atoms. The Hall–Kier alpha value is -1.80. The van der Waals surface area contributed by atoms with Crippen molar-refractivity contribution < 1.29 is 23.1 Å². The van der Waals surface area contributed by atoms with E-state index >= 15 is 0 Å². The maximum absolute atomic E-state index is 13.0. The highest BCUT2D eigenvalue weighted by molar-refractivity contribution is 7.15. The quantitative estimate of drug-likeness (QED) is 0.793. The third-order valence-corrected chi connectivity index (χ3v) is 4.35. The van der Waals surface area contributed by atoms with Gasteiger partial charge in [0.25, 0.3) is 0 Å². The van der Waals surface area contributed by atoms with Gasteiger partial charge >= 0.3 is 12.1 Å². The van der Waals surface area contributed by atoms with E-state index in [-0.39, 0.29) is 28.7 Å². The van der Waals surface area contributed by atoms with Crippen LogP contribution in [0.15, 0.2) is 18.2 Å². The first-order valence-electron chi connectivity index (χ1n) is 6.48. The summed E-state index contributed by atoms with van der Waals surface area (Å²) in [5.74, 6) is -0.940. The van der Waals surface area contributed by atoms with Crippen LogP contribution in [0.2, 0.25) is 5.02 Å².